The van der Waals surface area contributed by atoms with E-state index < -0.39 is 12.1 Å². The van der Waals surface area contributed by atoms with Crippen LogP contribution in [0.15, 0.2) is 60.7 Å². The molecule has 2 aromatic rings. The van der Waals surface area contributed by atoms with Crippen molar-refractivity contribution in [1.82, 2.24) is 0 Å². The van der Waals surface area contributed by atoms with Crippen LogP contribution in [0, 0.1) is 42.4 Å². The topological polar surface area (TPSA) is 80.8 Å². The summed E-state index contributed by atoms with van der Waals surface area (Å²) in [6.07, 6.45) is 4.41. The molecule has 1 saturated heterocycles. The van der Waals surface area contributed by atoms with E-state index in [0.29, 0.717) is 23.1 Å². The number of aryl methyl sites for hydroxylation is 1. The Morgan fingerprint density at radius 1 is 0.912 bits per heavy atom. The smallest absolute Gasteiger partial charge is 0.338 e. The highest BCUT2D eigenvalue weighted by atomic mass is 16.5. The number of hydrogen-bond acceptors (Lipinski definition) is 5. The number of ether oxygens (including phenoxy) is 1. The Morgan fingerprint density at radius 2 is 1.53 bits per heavy atom. The third-order valence-electron chi connectivity index (χ3n) is 7.99. The fourth-order valence-electron chi connectivity index (χ4n) is 6.22. The Balaban J connectivity index is 1.21. The third-order valence-corrected chi connectivity index (χ3v) is 7.99. The minimum atomic E-state index is -0.967. The summed E-state index contributed by atoms with van der Waals surface area (Å²) in [5.41, 5.74) is 2.08. The summed E-state index contributed by atoms with van der Waals surface area (Å²) in [6.45, 7) is 3.47. The van der Waals surface area contributed by atoms with Crippen molar-refractivity contribution in [3.63, 3.8) is 0 Å². The molecule has 0 radical (unpaired) electrons. The van der Waals surface area contributed by atoms with Crippen molar-refractivity contribution in [2.75, 3.05) is 4.90 Å². The molecule has 6 nitrogen and oxygen atoms in total. The number of esters is 1. The largest absolute Gasteiger partial charge is 0.451 e. The van der Waals surface area contributed by atoms with Gasteiger partial charge >= 0.3 is 5.97 Å². The van der Waals surface area contributed by atoms with Gasteiger partial charge < -0.3 is 4.74 Å². The zero-order valence-corrected chi connectivity index (χ0v) is 19.0. The van der Waals surface area contributed by atoms with E-state index in [0.717, 1.165) is 12.0 Å². The van der Waals surface area contributed by atoms with E-state index in [-0.39, 0.29) is 46.8 Å². The molecular formula is C28H25NO5. The van der Waals surface area contributed by atoms with Gasteiger partial charge in [0.05, 0.1) is 23.1 Å². The van der Waals surface area contributed by atoms with Gasteiger partial charge in [-0.2, -0.15) is 0 Å². The van der Waals surface area contributed by atoms with Gasteiger partial charge in [-0.3, -0.25) is 14.4 Å². The maximum absolute atomic E-state index is 13.3. The lowest BCUT2D eigenvalue weighted by atomic mass is 9.63. The van der Waals surface area contributed by atoms with Crippen molar-refractivity contribution in [2.24, 2.45) is 35.5 Å². The van der Waals surface area contributed by atoms with Gasteiger partial charge in [-0.15, -0.1) is 0 Å². The number of carbonyl (C=O) groups is 4. The van der Waals surface area contributed by atoms with E-state index in [4.69, 9.17) is 4.74 Å². The predicted octanol–water partition coefficient (Wildman–Crippen LogP) is 3.98. The average molecular weight is 456 g/mol. The summed E-state index contributed by atoms with van der Waals surface area (Å²) >= 11 is 0. The Morgan fingerprint density at radius 3 is 2.15 bits per heavy atom. The fourth-order valence-corrected chi connectivity index (χ4v) is 6.22. The van der Waals surface area contributed by atoms with Crippen molar-refractivity contribution >= 4 is 29.3 Å². The van der Waals surface area contributed by atoms with Crippen molar-refractivity contribution < 1.29 is 23.9 Å². The Hall–Kier alpha value is -3.54. The number of anilines is 1. The molecule has 7 atom stereocenters. The monoisotopic (exact) mass is 455 g/mol. The summed E-state index contributed by atoms with van der Waals surface area (Å²) in [7, 11) is 0. The maximum atomic E-state index is 13.3. The van der Waals surface area contributed by atoms with Gasteiger partial charge in [0.1, 0.15) is 0 Å². The molecule has 3 fully saturated rings. The number of amides is 2. The first kappa shape index (κ1) is 21.0. The number of allylic oxidation sites excluding steroid dienone is 2. The summed E-state index contributed by atoms with van der Waals surface area (Å²) in [5, 5.41) is 0. The van der Waals surface area contributed by atoms with E-state index in [1.165, 1.54) is 17.9 Å². The lowest BCUT2D eigenvalue weighted by Crippen LogP contribution is -2.40. The highest BCUT2D eigenvalue weighted by Gasteiger charge is 2.67. The van der Waals surface area contributed by atoms with Crippen LogP contribution >= 0.6 is 0 Å². The molecule has 2 bridgehead atoms. The number of imide groups is 1. The molecule has 4 aliphatic carbocycles. The SMILES string of the molecule is Cc1ccc(C(=O)[C@H](C)OC(=O)c2cccc(N3C(=O)[C@H]4[C@@H]5C=C[C@H]([C@H]6C[C@H]56)[C@@H]4C3=O)c2)cc1. The van der Waals surface area contributed by atoms with Gasteiger partial charge in [-0.25, -0.2) is 9.69 Å². The lowest BCUT2D eigenvalue weighted by Gasteiger charge is -2.37. The van der Waals surface area contributed by atoms with Gasteiger partial charge in [-0.1, -0.05) is 48.0 Å². The first-order valence-corrected chi connectivity index (χ1v) is 11.8. The number of hydrogen-bond donors (Lipinski definition) is 0. The molecule has 0 aromatic heterocycles. The maximum Gasteiger partial charge on any atom is 0.338 e. The Bertz CT molecular complexity index is 1230. The van der Waals surface area contributed by atoms with Crippen LogP contribution in [0.5, 0.6) is 0 Å². The van der Waals surface area contributed by atoms with E-state index in [2.05, 4.69) is 12.2 Å². The number of Topliss-reactive ketones (excluding diaryl/α,β-unsaturated/α-hetero) is 1. The summed E-state index contributed by atoms with van der Waals surface area (Å²) in [6, 6.07) is 13.4. The minimum Gasteiger partial charge on any atom is -0.451 e. The van der Waals surface area contributed by atoms with Crippen LogP contribution in [0.1, 0.15) is 39.6 Å². The summed E-state index contributed by atoms with van der Waals surface area (Å²) in [4.78, 5) is 53.4. The third kappa shape index (κ3) is 3.08. The van der Waals surface area contributed by atoms with Crippen LogP contribution in [-0.4, -0.2) is 29.7 Å². The van der Waals surface area contributed by atoms with Crippen LogP contribution < -0.4 is 4.90 Å². The van der Waals surface area contributed by atoms with Crippen LogP contribution in [0.25, 0.3) is 0 Å². The average Bonchev–Trinajstić information content (AvgIpc) is 3.62. The minimum absolute atomic E-state index is 0.142. The molecule has 2 saturated carbocycles. The van der Waals surface area contributed by atoms with Gasteiger partial charge in [0.25, 0.3) is 0 Å². The van der Waals surface area contributed by atoms with Crippen LogP contribution in [-0.2, 0) is 14.3 Å². The van der Waals surface area contributed by atoms with Crippen LogP contribution in [0.4, 0.5) is 5.69 Å². The quantitative estimate of drug-likeness (QED) is 0.295. The second kappa shape index (κ2) is 7.49. The van der Waals surface area contributed by atoms with E-state index in [1.807, 2.05) is 19.1 Å². The first-order valence-electron chi connectivity index (χ1n) is 11.8. The van der Waals surface area contributed by atoms with Crippen molar-refractivity contribution in [1.29, 1.82) is 0 Å². The zero-order chi connectivity index (χ0) is 23.7. The predicted molar refractivity (Wildman–Crippen MR) is 124 cm³/mol. The molecule has 172 valence electrons. The number of nitrogens with zero attached hydrogens (tertiary/aromatic N) is 1. The fraction of sp³-hybridized carbons (Fsp3) is 0.357. The van der Waals surface area contributed by atoms with Crippen LogP contribution in [0.2, 0.25) is 0 Å². The molecule has 0 spiro atoms. The summed E-state index contributed by atoms with van der Waals surface area (Å²) < 4.78 is 5.43. The number of carbonyl (C=O) groups excluding carboxylic acids is 4. The second-order valence-electron chi connectivity index (χ2n) is 9.99. The molecule has 1 aliphatic heterocycles. The number of benzene rings is 2. The number of rotatable bonds is 5. The zero-order valence-electron chi connectivity index (χ0n) is 19.0. The highest BCUT2D eigenvalue weighted by Crippen LogP contribution is 2.65. The molecule has 34 heavy (non-hydrogen) atoms. The normalized spacial score (nSPS) is 31.2. The number of ketones is 1. The van der Waals surface area contributed by atoms with Gasteiger partial charge in [0, 0.05) is 5.56 Å². The van der Waals surface area contributed by atoms with E-state index in [9.17, 15) is 19.2 Å². The molecule has 0 unspecified atom stereocenters. The molecule has 5 aliphatic rings. The Labute approximate surface area is 197 Å². The molecule has 2 aromatic carbocycles. The molecule has 2 amide bonds. The van der Waals surface area contributed by atoms with Gasteiger partial charge in [-0.05, 0) is 62.1 Å². The van der Waals surface area contributed by atoms with Gasteiger partial charge in [0.2, 0.25) is 17.6 Å². The van der Waals surface area contributed by atoms with Gasteiger partial charge in [0.15, 0.2) is 6.10 Å². The molecule has 7 rings (SSSR count). The van der Waals surface area contributed by atoms with Crippen molar-refractivity contribution in [2.45, 2.75) is 26.4 Å². The lowest BCUT2D eigenvalue weighted by molar-refractivity contribution is -0.124. The second-order valence-corrected chi connectivity index (χ2v) is 9.99. The molecule has 1 heterocycles. The van der Waals surface area contributed by atoms with E-state index in [1.54, 1.807) is 30.3 Å². The summed E-state index contributed by atoms with van der Waals surface area (Å²) in [5.74, 6) is -0.561. The standard InChI is InChI=1S/C28H25NO5/c1-14-6-8-16(9-7-14)25(30)15(2)34-28(33)17-4-3-5-18(12-17)29-26(31)23-19-10-11-20(22-13-21(19)22)24(23)27(29)32/h3-12,15,19-24H,13H2,1-2H3/t15-,19+,20+,21+,22+,23-,24-/m0/s1. The Kier molecular flexibility index (Phi) is 4.63. The molecule has 0 N–H and O–H groups in total. The van der Waals surface area contributed by atoms with Crippen LogP contribution in [0.3, 0.4) is 0 Å². The van der Waals surface area contributed by atoms with Crippen molar-refractivity contribution in [3.8, 4) is 0 Å². The highest BCUT2D eigenvalue weighted by molar-refractivity contribution is 6.23. The van der Waals surface area contributed by atoms with Crippen molar-refractivity contribution in [3.05, 3.63) is 77.4 Å². The molecular weight excluding hydrogens is 430 g/mol. The molecule has 6 heteroatoms. The van der Waals surface area contributed by atoms with E-state index >= 15 is 0 Å². The first-order chi connectivity index (χ1) is 16.3.